The SMILES string of the molecule is CC1CC(CN)C(CI)C1. The van der Waals surface area contributed by atoms with E-state index in [9.17, 15) is 0 Å². The van der Waals surface area contributed by atoms with E-state index in [1.165, 1.54) is 17.3 Å². The largest absolute Gasteiger partial charge is 0.330 e. The number of hydrogen-bond acceptors (Lipinski definition) is 1. The average molecular weight is 253 g/mol. The van der Waals surface area contributed by atoms with Gasteiger partial charge in [-0.15, -0.1) is 0 Å². The first-order valence-electron chi connectivity index (χ1n) is 4.04. The quantitative estimate of drug-likeness (QED) is 0.591. The Morgan fingerprint density at radius 2 is 2.00 bits per heavy atom. The number of rotatable bonds is 2. The van der Waals surface area contributed by atoms with Crippen molar-refractivity contribution in [1.29, 1.82) is 0 Å². The summed E-state index contributed by atoms with van der Waals surface area (Å²) in [5.41, 5.74) is 5.66. The van der Waals surface area contributed by atoms with Crippen molar-refractivity contribution in [2.75, 3.05) is 11.0 Å². The van der Waals surface area contributed by atoms with E-state index in [0.717, 1.165) is 24.3 Å². The van der Waals surface area contributed by atoms with Crippen molar-refractivity contribution in [3.63, 3.8) is 0 Å². The zero-order valence-electron chi connectivity index (χ0n) is 6.52. The van der Waals surface area contributed by atoms with Crippen molar-refractivity contribution in [2.45, 2.75) is 19.8 Å². The van der Waals surface area contributed by atoms with Crippen molar-refractivity contribution in [3.05, 3.63) is 0 Å². The third kappa shape index (κ3) is 1.84. The monoisotopic (exact) mass is 253 g/mol. The molecule has 1 saturated carbocycles. The molecule has 0 aliphatic heterocycles. The Hall–Kier alpha value is 0.690. The van der Waals surface area contributed by atoms with Crippen molar-refractivity contribution in [3.8, 4) is 0 Å². The van der Waals surface area contributed by atoms with Crippen LogP contribution in [0.5, 0.6) is 0 Å². The third-order valence-corrected chi connectivity index (χ3v) is 3.71. The second-order valence-corrected chi connectivity index (χ2v) is 4.37. The van der Waals surface area contributed by atoms with Crippen molar-refractivity contribution < 1.29 is 0 Å². The lowest BCUT2D eigenvalue weighted by molar-refractivity contribution is 0.440. The van der Waals surface area contributed by atoms with Crippen LogP contribution in [0.2, 0.25) is 0 Å². The van der Waals surface area contributed by atoms with Crippen LogP contribution in [0.25, 0.3) is 0 Å². The molecule has 0 spiro atoms. The van der Waals surface area contributed by atoms with E-state index in [4.69, 9.17) is 5.73 Å². The van der Waals surface area contributed by atoms with E-state index in [-0.39, 0.29) is 0 Å². The zero-order chi connectivity index (χ0) is 7.56. The van der Waals surface area contributed by atoms with Gasteiger partial charge in [0, 0.05) is 4.43 Å². The molecule has 3 atom stereocenters. The molecule has 2 heteroatoms. The zero-order valence-corrected chi connectivity index (χ0v) is 8.67. The molecule has 0 bridgehead atoms. The summed E-state index contributed by atoms with van der Waals surface area (Å²) in [6.45, 7) is 3.24. The van der Waals surface area contributed by atoms with E-state index in [1.54, 1.807) is 0 Å². The Morgan fingerprint density at radius 1 is 1.40 bits per heavy atom. The van der Waals surface area contributed by atoms with E-state index < -0.39 is 0 Å². The van der Waals surface area contributed by atoms with E-state index in [1.807, 2.05) is 0 Å². The van der Waals surface area contributed by atoms with Crippen LogP contribution in [0.4, 0.5) is 0 Å². The minimum Gasteiger partial charge on any atom is -0.330 e. The Labute approximate surface area is 76.9 Å². The first kappa shape index (κ1) is 8.78. The van der Waals surface area contributed by atoms with Crippen LogP contribution in [-0.2, 0) is 0 Å². The van der Waals surface area contributed by atoms with Crippen molar-refractivity contribution in [2.24, 2.45) is 23.5 Å². The highest BCUT2D eigenvalue weighted by molar-refractivity contribution is 14.1. The summed E-state index contributed by atoms with van der Waals surface area (Å²) in [6, 6.07) is 0. The van der Waals surface area contributed by atoms with Gasteiger partial charge < -0.3 is 5.73 Å². The van der Waals surface area contributed by atoms with Gasteiger partial charge in [-0.05, 0) is 37.1 Å². The summed E-state index contributed by atoms with van der Waals surface area (Å²) in [5.74, 6) is 2.67. The maximum Gasteiger partial charge on any atom is 0.00269 e. The summed E-state index contributed by atoms with van der Waals surface area (Å²) >= 11 is 2.48. The Bertz CT molecular complexity index is 93.4. The Balaban J connectivity index is 2.41. The highest BCUT2D eigenvalue weighted by Gasteiger charge is 2.29. The van der Waals surface area contributed by atoms with Crippen LogP contribution in [0, 0.1) is 17.8 Å². The molecule has 1 rings (SSSR count). The minimum absolute atomic E-state index is 0.826. The maximum atomic E-state index is 5.66. The van der Waals surface area contributed by atoms with Crippen LogP contribution in [0.1, 0.15) is 19.8 Å². The van der Waals surface area contributed by atoms with Gasteiger partial charge in [-0.3, -0.25) is 0 Å². The van der Waals surface area contributed by atoms with Gasteiger partial charge in [0.15, 0.2) is 0 Å². The van der Waals surface area contributed by atoms with Gasteiger partial charge in [0.25, 0.3) is 0 Å². The summed E-state index contributed by atoms with van der Waals surface area (Å²) in [7, 11) is 0. The van der Waals surface area contributed by atoms with Crippen LogP contribution < -0.4 is 5.73 Å². The van der Waals surface area contributed by atoms with Gasteiger partial charge >= 0.3 is 0 Å². The highest BCUT2D eigenvalue weighted by Crippen LogP contribution is 2.36. The van der Waals surface area contributed by atoms with E-state index in [0.29, 0.717) is 0 Å². The molecule has 0 radical (unpaired) electrons. The first-order valence-corrected chi connectivity index (χ1v) is 5.56. The van der Waals surface area contributed by atoms with Gasteiger partial charge in [0.1, 0.15) is 0 Å². The molecule has 0 aromatic carbocycles. The molecule has 3 unspecified atom stereocenters. The molecule has 60 valence electrons. The lowest BCUT2D eigenvalue weighted by Gasteiger charge is -2.13. The van der Waals surface area contributed by atoms with Gasteiger partial charge in [0.2, 0.25) is 0 Å². The Morgan fingerprint density at radius 3 is 2.40 bits per heavy atom. The molecule has 1 fully saturated rings. The van der Waals surface area contributed by atoms with Crippen molar-refractivity contribution >= 4 is 22.6 Å². The standard InChI is InChI=1S/C8H16IN/c1-6-2-7(4-9)8(3-6)5-10/h6-8H,2-5,10H2,1H3. The van der Waals surface area contributed by atoms with Gasteiger partial charge in [-0.25, -0.2) is 0 Å². The average Bonchev–Trinajstić information content (AvgIpc) is 2.30. The van der Waals surface area contributed by atoms with Crippen LogP contribution in [-0.4, -0.2) is 11.0 Å². The molecule has 2 N–H and O–H groups in total. The fourth-order valence-corrected chi connectivity index (χ4v) is 3.07. The minimum atomic E-state index is 0.826. The summed E-state index contributed by atoms with van der Waals surface area (Å²) in [4.78, 5) is 0. The molecule has 0 saturated heterocycles. The molecule has 1 aliphatic carbocycles. The Kier molecular flexibility index (Phi) is 3.43. The summed E-state index contributed by atoms with van der Waals surface area (Å²) in [6.07, 6.45) is 2.77. The molecular weight excluding hydrogens is 237 g/mol. The van der Waals surface area contributed by atoms with Gasteiger partial charge in [-0.2, -0.15) is 0 Å². The van der Waals surface area contributed by atoms with Crippen LogP contribution in [0.3, 0.4) is 0 Å². The molecule has 1 nitrogen and oxygen atoms in total. The maximum absolute atomic E-state index is 5.66. The number of hydrogen-bond donors (Lipinski definition) is 1. The fourth-order valence-electron chi connectivity index (χ4n) is 1.99. The molecule has 0 aromatic rings. The van der Waals surface area contributed by atoms with E-state index in [2.05, 4.69) is 29.5 Å². The lowest BCUT2D eigenvalue weighted by Crippen LogP contribution is -2.19. The molecule has 0 amide bonds. The molecule has 0 heterocycles. The number of alkyl halides is 1. The number of nitrogens with two attached hydrogens (primary N) is 1. The van der Waals surface area contributed by atoms with Crippen LogP contribution in [0.15, 0.2) is 0 Å². The summed E-state index contributed by atoms with van der Waals surface area (Å²) < 4.78 is 1.30. The molecule has 1 aliphatic rings. The molecular formula is C8H16IN. The first-order chi connectivity index (χ1) is 4.77. The fraction of sp³-hybridized carbons (Fsp3) is 1.00. The van der Waals surface area contributed by atoms with Gasteiger partial charge in [0.05, 0.1) is 0 Å². The van der Waals surface area contributed by atoms with Crippen LogP contribution >= 0.6 is 22.6 Å². The smallest absolute Gasteiger partial charge is 0.00269 e. The van der Waals surface area contributed by atoms with Crippen molar-refractivity contribution in [1.82, 2.24) is 0 Å². The normalized spacial score (nSPS) is 40.5. The highest BCUT2D eigenvalue weighted by atomic mass is 127. The molecule has 10 heavy (non-hydrogen) atoms. The molecule has 0 aromatic heterocycles. The predicted octanol–water partition coefficient (Wildman–Crippen LogP) is 2.04. The number of halogens is 1. The van der Waals surface area contributed by atoms with Gasteiger partial charge in [-0.1, -0.05) is 29.5 Å². The second kappa shape index (κ2) is 3.90. The lowest BCUT2D eigenvalue weighted by atomic mass is 9.99. The summed E-state index contributed by atoms with van der Waals surface area (Å²) in [5, 5.41) is 0. The predicted molar refractivity (Wildman–Crippen MR) is 53.3 cm³/mol. The second-order valence-electron chi connectivity index (χ2n) is 3.49. The van der Waals surface area contributed by atoms with E-state index >= 15 is 0 Å². The third-order valence-electron chi connectivity index (χ3n) is 2.58. The topological polar surface area (TPSA) is 26.0 Å².